The van der Waals surface area contributed by atoms with Gasteiger partial charge in [0.25, 0.3) is 11.8 Å². The first kappa shape index (κ1) is 25.9. The molecule has 0 radical (unpaired) electrons. The highest BCUT2D eigenvalue weighted by Gasteiger charge is 2.40. The molecule has 0 aliphatic carbocycles. The zero-order valence-corrected chi connectivity index (χ0v) is 21.9. The molecule has 1 aliphatic heterocycles. The summed E-state index contributed by atoms with van der Waals surface area (Å²) >= 11 is 6.00. The van der Waals surface area contributed by atoms with E-state index in [1.165, 1.54) is 18.3 Å². The second-order valence-corrected chi connectivity index (χ2v) is 11.8. The summed E-state index contributed by atoms with van der Waals surface area (Å²) in [6.07, 6.45) is 1.50. The summed E-state index contributed by atoms with van der Waals surface area (Å²) in [6, 6.07) is 15.2. The van der Waals surface area contributed by atoms with Crippen molar-refractivity contribution in [3.8, 4) is 0 Å². The summed E-state index contributed by atoms with van der Waals surface area (Å²) in [7, 11) is -3.28. The highest BCUT2D eigenvalue weighted by Crippen LogP contribution is 2.38. The highest BCUT2D eigenvalue weighted by molar-refractivity contribution is 7.91. The Balaban J connectivity index is 1.49. The number of rotatable bonds is 8. The number of hydrogen-bond acceptors (Lipinski definition) is 5. The van der Waals surface area contributed by atoms with Crippen LogP contribution >= 0.6 is 11.6 Å². The van der Waals surface area contributed by atoms with Crippen LogP contribution in [0.3, 0.4) is 0 Å². The molecule has 0 saturated heterocycles. The molecular weight excluding hydrogens is 498 g/mol. The lowest BCUT2D eigenvalue weighted by atomic mass is 9.99. The van der Waals surface area contributed by atoms with Crippen molar-refractivity contribution in [3.63, 3.8) is 0 Å². The molecule has 3 aromatic rings. The smallest absolute Gasteiger partial charge is 0.256 e. The van der Waals surface area contributed by atoms with Gasteiger partial charge in [0.15, 0.2) is 9.84 Å². The van der Waals surface area contributed by atoms with Crippen LogP contribution < -0.4 is 5.32 Å². The van der Waals surface area contributed by atoms with Crippen molar-refractivity contribution in [2.24, 2.45) is 5.92 Å². The van der Waals surface area contributed by atoms with E-state index in [1.807, 2.05) is 26.0 Å². The van der Waals surface area contributed by atoms with E-state index in [-0.39, 0.29) is 41.0 Å². The molecule has 36 heavy (non-hydrogen) atoms. The number of aromatic nitrogens is 1. The van der Waals surface area contributed by atoms with Crippen molar-refractivity contribution < 1.29 is 18.0 Å². The van der Waals surface area contributed by atoms with E-state index >= 15 is 0 Å². The second kappa shape index (κ2) is 10.4. The predicted octanol–water partition coefficient (Wildman–Crippen LogP) is 4.81. The maximum Gasteiger partial charge on any atom is 0.256 e. The Bertz CT molecular complexity index is 1390. The summed E-state index contributed by atoms with van der Waals surface area (Å²) in [5.74, 6) is -0.356. The molecular formula is C27H28ClN3O4S. The number of halogens is 1. The molecule has 2 aromatic carbocycles. The van der Waals surface area contributed by atoms with Crippen LogP contribution in [0.1, 0.15) is 64.3 Å². The minimum atomic E-state index is -3.28. The number of carbonyl (C=O) groups excluding carboxylic acids is 2. The first-order chi connectivity index (χ1) is 17.1. The molecule has 2 amide bonds. The van der Waals surface area contributed by atoms with Crippen LogP contribution in [0.4, 0.5) is 0 Å². The van der Waals surface area contributed by atoms with Crippen molar-refractivity contribution >= 4 is 33.3 Å². The number of sulfone groups is 1. The van der Waals surface area contributed by atoms with E-state index in [0.717, 1.165) is 11.1 Å². The Morgan fingerprint density at radius 3 is 2.33 bits per heavy atom. The van der Waals surface area contributed by atoms with E-state index in [4.69, 9.17) is 11.6 Å². The van der Waals surface area contributed by atoms with Gasteiger partial charge in [0.2, 0.25) is 0 Å². The van der Waals surface area contributed by atoms with Gasteiger partial charge in [-0.25, -0.2) is 8.42 Å². The average molecular weight is 526 g/mol. The van der Waals surface area contributed by atoms with Gasteiger partial charge < -0.3 is 10.2 Å². The Hall–Kier alpha value is -3.23. The molecule has 0 bridgehead atoms. The molecule has 188 valence electrons. The average Bonchev–Trinajstić information content (AvgIpc) is 3.15. The van der Waals surface area contributed by atoms with Gasteiger partial charge in [0.05, 0.1) is 33.5 Å². The number of pyridine rings is 1. The number of fused-ring (bicyclic) bond motifs is 1. The molecule has 1 atom stereocenters. The predicted molar refractivity (Wildman–Crippen MR) is 138 cm³/mol. The SMILES string of the molecule is CCS(=O)(=O)c1ccc(CNC(=O)c2cnc3c(c2)C(=O)N(Cc2ccc(Cl)cc2)[C@H]3C(C)C)cc1. The summed E-state index contributed by atoms with van der Waals surface area (Å²) in [5.41, 5.74) is 3.13. The molecule has 9 heteroatoms. The maximum atomic E-state index is 13.4. The molecule has 2 heterocycles. The first-order valence-electron chi connectivity index (χ1n) is 11.8. The molecule has 0 spiro atoms. The molecule has 1 aliphatic rings. The molecule has 0 unspecified atom stereocenters. The van der Waals surface area contributed by atoms with Crippen LogP contribution in [0.2, 0.25) is 5.02 Å². The first-order valence-corrected chi connectivity index (χ1v) is 13.8. The number of benzene rings is 2. The molecule has 4 rings (SSSR count). The van der Waals surface area contributed by atoms with Crippen molar-refractivity contribution in [2.45, 2.75) is 44.8 Å². The minimum absolute atomic E-state index is 0.0297. The molecule has 0 saturated carbocycles. The zero-order chi connectivity index (χ0) is 26.0. The van der Waals surface area contributed by atoms with Gasteiger partial charge in [-0.3, -0.25) is 14.6 Å². The number of nitrogens with zero attached hydrogens (tertiary/aromatic N) is 2. The van der Waals surface area contributed by atoms with Crippen LogP contribution in [-0.4, -0.2) is 35.9 Å². The lowest BCUT2D eigenvalue weighted by Gasteiger charge is -2.27. The maximum absolute atomic E-state index is 13.4. The fraction of sp³-hybridized carbons (Fsp3) is 0.296. The molecule has 7 nitrogen and oxygen atoms in total. The van der Waals surface area contributed by atoms with Crippen molar-refractivity contribution in [1.82, 2.24) is 15.2 Å². The number of carbonyl (C=O) groups is 2. The van der Waals surface area contributed by atoms with E-state index in [2.05, 4.69) is 10.3 Å². The van der Waals surface area contributed by atoms with E-state index < -0.39 is 9.84 Å². The van der Waals surface area contributed by atoms with Gasteiger partial charge >= 0.3 is 0 Å². The number of nitrogens with one attached hydrogen (secondary N) is 1. The monoisotopic (exact) mass is 525 g/mol. The molecule has 1 N–H and O–H groups in total. The van der Waals surface area contributed by atoms with E-state index in [9.17, 15) is 18.0 Å². The minimum Gasteiger partial charge on any atom is -0.348 e. The van der Waals surface area contributed by atoms with Gasteiger partial charge in [-0.15, -0.1) is 0 Å². The van der Waals surface area contributed by atoms with Crippen molar-refractivity contribution in [3.05, 3.63) is 93.8 Å². The Labute approximate surface area is 216 Å². The quantitative estimate of drug-likeness (QED) is 0.455. The lowest BCUT2D eigenvalue weighted by molar-refractivity contribution is 0.0662. The van der Waals surface area contributed by atoms with Crippen LogP contribution in [0.15, 0.2) is 65.7 Å². The van der Waals surface area contributed by atoms with Crippen LogP contribution in [0, 0.1) is 5.92 Å². The summed E-state index contributed by atoms with van der Waals surface area (Å²) in [6.45, 7) is 6.32. The topological polar surface area (TPSA) is 96.4 Å². The zero-order valence-electron chi connectivity index (χ0n) is 20.4. The van der Waals surface area contributed by atoms with Crippen molar-refractivity contribution in [1.29, 1.82) is 0 Å². The molecule has 1 aromatic heterocycles. The van der Waals surface area contributed by atoms with E-state index in [1.54, 1.807) is 42.2 Å². The summed E-state index contributed by atoms with van der Waals surface area (Å²) in [4.78, 5) is 32.8. The molecule has 0 fully saturated rings. The van der Waals surface area contributed by atoms with Gasteiger partial charge in [-0.2, -0.15) is 0 Å². The third-order valence-corrected chi connectivity index (χ3v) is 8.30. The summed E-state index contributed by atoms with van der Waals surface area (Å²) in [5, 5.41) is 3.45. The highest BCUT2D eigenvalue weighted by atomic mass is 35.5. The largest absolute Gasteiger partial charge is 0.348 e. The number of hydrogen-bond donors (Lipinski definition) is 1. The van der Waals surface area contributed by atoms with Gasteiger partial charge in [-0.1, -0.05) is 56.6 Å². The van der Waals surface area contributed by atoms with Gasteiger partial charge in [-0.05, 0) is 47.4 Å². The third-order valence-electron chi connectivity index (χ3n) is 6.30. The fourth-order valence-electron chi connectivity index (χ4n) is 4.33. The normalized spacial score (nSPS) is 15.3. The Morgan fingerprint density at radius 1 is 1.08 bits per heavy atom. The Kier molecular flexibility index (Phi) is 7.47. The second-order valence-electron chi connectivity index (χ2n) is 9.14. The van der Waals surface area contributed by atoms with E-state index in [0.29, 0.717) is 28.4 Å². The Morgan fingerprint density at radius 2 is 1.72 bits per heavy atom. The van der Waals surface area contributed by atoms with Gasteiger partial charge in [0, 0.05) is 24.3 Å². The van der Waals surface area contributed by atoms with Crippen LogP contribution in [0.5, 0.6) is 0 Å². The summed E-state index contributed by atoms with van der Waals surface area (Å²) < 4.78 is 23.9. The third kappa shape index (κ3) is 5.29. The lowest BCUT2D eigenvalue weighted by Crippen LogP contribution is -2.30. The van der Waals surface area contributed by atoms with Crippen LogP contribution in [-0.2, 0) is 22.9 Å². The number of amides is 2. The van der Waals surface area contributed by atoms with Crippen LogP contribution in [0.25, 0.3) is 0 Å². The van der Waals surface area contributed by atoms with Crippen molar-refractivity contribution in [2.75, 3.05) is 5.75 Å². The fourth-order valence-corrected chi connectivity index (χ4v) is 5.34. The van der Waals surface area contributed by atoms with Gasteiger partial charge in [0.1, 0.15) is 0 Å². The standard InChI is InChI=1S/C27H28ClN3O4S/c1-4-36(34,35)22-11-7-18(8-12-22)14-30-26(32)20-13-23-24(29-15-20)25(17(2)3)31(27(23)33)16-19-5-9-21(28)10-6-19/h5-13,15,17,25H,4,14,16H2,1-3H3,(H,30,32)/t25-/m0/s1.